The number of aromatic nitrogens is 2. The van der Waals surface area contributed by atoms with E-state index < -0.39 is 0 Å². The Hall–Kier alpha value is -3.01. The van der Waals surface area contributed by atoms with Crippen molar-refractivity contribution in [2.75, 3.05) is 0 Å². The fourth-order valence-electron chi connectivity index (χ4n) is 3.14. The lowest BCUT2D eigenvalue weighted by Gasteiger charge is -2.22. The molecule has 1 fully saturated rings. The molecule has 4 rings (SSSR count). The summed E-state index contributed by atoms with van der Waals surface area (Å²) >= 11 is 0. The molecule has 2 heterocycles. The fraction of sp³-hybridized carbons (Fsp3) is 0.227. The van der Waals surface area contributed by atoms with Crippen LogP contribution in [0.5, 0.6) is 0 Å². The first-order valence-electron chi connectivity index (χ1n) is 8.95. The lowest BCUT2D eigenvalue weighted by atomic mass is 10.0. The van der Waals surface area contributed by atoms with Gasteiger partial charge in [-0.05, 0) is 60.7 Å². The Kier molecular flexibility index (Phi) is 4.48. The fourth-order valence-corrected chi connectivity index (χ4v) is 3.14. The van der Waals surface area contributed by atoms with Gasteiger partial charge in [0.2, 0.25) is 0 Å². The number of carbonyl (C=O) groups excluding carboxylic acids is 1. The average Bonchev–Trinajstić information content (AvgIpc) is 3.52. The van der Waals surface area contributed by atoms with Crippen molar-refractivity contribution in [2.24, 2.45) is 0 Å². The van der Waals surface area contributed by atoms with Crippen LogP contribution in [0, 0.1) is 6.92 Å². The van der Waals surface area contributed by atoms with E-state index in [0.29, 0.717) is 18.3 Å². The van der Waals surface area contributed by atoms with Crippen molar-refractivity contribution in [1.82, 2.24) is 14.9 Å². The van der Waals surface area contributed by atoms with Gasteiger partial charge in [0, 0.05) is 30.7 Å². The van der Waals surface area contributed by atoms with Crippen molar-refractivity contribution < 1.29 is 4.79 Å². The molecule has 130 valence electrons. The van der Waals surface area contributed by atoms with Crippen molar-refractivity contribution in [2.45, 2.75) is 32.4 Å². The number of amides is 1. The van der Waals surface area contributed by atoms with Crippen molar-refractivity contribution >= 4 is 5.91 Å². The molecule has 26 heavy (non-hydrogen) atoms. The number of rotatable bonds is 5. The predicted octanol–water partition coefficient (Wildman–Crippen LogP) is 4.26. The predicted molar refractivity (Wildman–Crippen MR) is 102 cm³/mol. The summed E-state index contributed by atoms with van der Waals surface area (Å²) in [5.41, 5.74) is 4.72. The van der Waals surface area contributed by atoms with Gasteiger partial charge in [-0.3, -0.25) is 9.78 Å². The number of benzene rings is 1. The molecule has 1 aromatic carbocycles. The van der Waals surface area contributed by atoms with Crippen molar-refractivity contribution in [3.8, 4) is 11.1 Å². The van der Waals surface area contributed by atoms with Crippen LogP contribution in [-0.2, 0) is 6.54 Å². The summed E-state index contributed by atoms with van der Waals surface area (Å²) in [4.78, 5) is 23.6. The lowest BCUT2D eigenvalue weighted by molar-refractivity contribution is 0.0723. The summed E-state index contributed by atoms with van der Waals surface area (Å²) in [5, 5.41) is 0. The van der Waals surface area contributed by atoms with Crippen LogP contribution in [0.2, 0.25) is 0 Å². The molecule has 0 saturated heterocycles. The van der Waals surface area contributed by atoms with Crippen molar-refractivity contribution in [1.29, 1.82) is 0 Å². The second-order valence-electron chi connectivity index (χ2n) is 6.77. The summed E-state index contributed by atoms with van der Waals surface area (Å²) in [6, 6.07) is 18.3. The van der Waals surface area contributed by atoms with Gasteiger partial charge in [-0.25, -0.2) is 4.98 Å². The summed E-state index contributed by atoms with van der Waals surface area (Å²) in [6.45, 7) is 2.52. The molecule has 0 radical (unpaired) electrons. The van der Waals surface area contributed by atoms with Gasteiger partial charge in [0.1, 0.15) is 5.69 Å². The van der Waals surface area contributed by atoms with E-state index in [0.717, 1.165) is 35.2 Å². The van der Waals surface area contributed by atoms with Crippen LogP contribution in [-0.4, -0.2) is 26.8 Å². The second kappa shape index (κ2) is 7.08. The van der Waals surface area contributed by atoms with E-state index in [9.17, 15) is 4.79 Å². The SMILES string of the molecule is Cc1cccc(C(=O)N(Cc2cccc(-c3cccnc3)c2)C2CC2)n1. The van der Waals surface area contributed by atoms with E-state index in [4.69, 9.17) is 0 Å². The third kappa shape index (κ3) is 3.64. The maximum Gasteiger partial charge on any atom is 0.273 e. The number of hydrogen-bond acceptors (Lipinski definition) is 3. The zero-order valence-electron chi connectivity index (χ0n) is 14.8. The van der Waals surface area contributed by atoms with Gasteiger partial charge < -0.3 is 4.90 Å². The minimum Gasteiger partial charge on any atom is -0.330 e. The summed E-state index contributed by atoms with van der Waals surface area (Å²) in [5.74, 6) is 0.0166. The third-order valence-electron chi connectivity index (χ3n) is 4.63. The van der Waals surface area contributed by atoms with Gasteiger partial charge in [-0.2, -0.15) is 0 Å². The summed E-state index contributed by atoms with van der Waals surface area (Å²) in [6.07, 6.45) is 5.77. The van der Waals surface area contributed by atoms with Crippen LogP contribution in [0.25, 0.3) is 11.1 Å². The molecule has 4 nitrogen and oxygen atoms in total. The zero-order chi connectivity index (χ0) is 17.9. The normalized spacial score (nSPS) is 13.4. The molecule has 0 unspecified atom stereocenters. The first-order valence-corrected chi connectivity index (χ1v) is 8.95. The maximum absolute atomic E-state index is 13.0. The molecule has 0 spiro atoms. The van der Waals surface area contributed by atoms with Gasteiger partial charge in [0.15, 0.2) is 0 Å². The van der Waals surface area contributed by atoms with Crippen molar-refractivity contribution in [3.63, 3.8) is 0 Å². The van der Waals surface area contributed by atoms with E-state index in [1.807, 2.05) is 48.4 Å². The van der Waals surface area contributed by atoms with Crippen LogP contribution >= 0.6 is 0 Å². The minimum absolute atomic E-state index is 0.0166. The van der Waals surface area contributed by atoms with Gasteiger partial charge in [0.05, 0.1) is 0 Å². The molecule has 4 heteroatoms. The van der Waals surface area contributed by atoms with E-state index in [2.05, 4.69) is 28.2 Å². The molecule has 3 aromatic rings. The maximum atomic E-state index is 13.0. The molecule has 0 atom stereocenters. The summed E-state index contributed by atoms with van der Waals surface area (Å²) < 4.78 is 0. The van der Waals surface area contributed by atoms with E-state index in [1.54, 1.807) is 12.3 Å². The van der Waals surface area contributed by atoms with E-state index >= 15 is 0 Å². The highest BCUT2D eigenvalue weighted by atomic mass is 16.2. The Morgan fingerprint density at radius 3 is 2.62 bits per heavy atom. The van der Waals surface area contributed by atoms with Crippen LogP contribution in [0.1, 0.15) is 34.6 Å². The second-order valence-corrected chi connectivity index (χ2v) is 6.77. The van der Waals surface area contributed by atoms with Crippen LogP contribution in [0.15, 0.2) is 67.0 Å². The van der Waals surface area contributed by atoms with Crippen molar-refractivity contribution in [3.05, 3.63) is 83.9 Å². The molecule has 1 aliphatic rings. The van der Waals surface area contributed by atoms with Crippen LogP contribution < -0.4 is 0 Å². The summed E-state index contributed by atoms with van der Waals surface area (Å²) in [7, 11) is 0. The van der Waals surface area contributed by atoms with Gasteiger partial charge in [-0.1, -0.05) is 30.3 Å². The number of pyridine rings is 2. The van der Waals surface area contributed by atoms with E-state index in [1.165, 1.54) is 0 Å². The zero-order valence-corrected chi connectivity index (χ0v) is 14.8. The van der Waals surface area contributed by atoms with Crippen LogP contribution in [0.4, 0.5) is 0 Å². The molecule has 1 aliphatic carbocycles. The van der Waals surface area contributed by atoms with Crippen LogP contribution in [0.3, 0.4) is 0 Å². The highest BCUT2D eigenvalue weighted by Crippen LogP contribution is 2.30. The van der Waals surface area contributed by atoms with E-state index in [-0.39, 0.29) is 5.91 Å². The largest absolute Gasteiger partial charge is 0.330 e. The standard InChI is InChI=1S/C22H21N3O/c1-16-5-2-9-21(24-16)22(26)25(20-10-11-20)15-17-6-3-7-18(13-17)19-8-4-12-23-14-19/h2-9,12-14,20H,10-11,15H2,1H3. The Morgan fingerprint density at radius 1 is 1.08 bits per heavy atom. The topological polar surface area (TPSA) is 46.1 Å². The minimum atomic E-state index is 0.0166. The lowest BCUT2D eigenvalue weighted by Crippen LogP contribution is -2.33. The first kappa shape index (κ1) is 16.5. The Labute approximate surface area is 153 Å². The van der Waals surface area contributed by atoms with Gasteiger partial charge in [0.25, 0.3) is 5.91 Å². The Balaban J connectivity index is 1.59. The number of nitrogens with zero attached hydrogens (tertiary/aromatic N) is 3. The third-order valence-corrected chi connectivity index (χ3v) is 4.63. The molecular weight excluding hydrogens is 322 g/mol. The quantitative estimate of drug-likeness (QED) is 0.695. The number of carbonyl (C=O) groups is 1. The Morgan fingerprint density at radius 2 is 1.88 bits per heavy atom. The molecule has 0 aliphatic heterocycles. The number of hydrogen-bond donors (Lipinski definition) is 0. The number of aryl methyl sites for hydroxylation is 1. The molecule has 0 N–H and O–H groups in total. The highest BCUT2D eigenvalue weighted by molar-refractivity contribution is 5.92. The first-order chi connectivity index (χ1) is 12.7. The average molecular weight is 343 g/mol. The molecular formula is C22H21N3O. The monoisotopic (exact) mass is 343 g/mol. The Bertz CT molecular complexity index is 919. The highest BCUT2D eigenvalue weighted by Gasteiger charge is 2.33. The molecule has 1 saturated carbocycles. The van der Waals surface area contributed by atoms with Gasteiger partial charge >= 0.3 is 0 Å². The van der Waals surface area contributed by atoms with Gasteiger partial charge in [-0.15, -0.1) is 0 Å². The molecule has 1 amide bonds. The molecule has 2 aromatic heterocycles. The smallest absolute Gasteiger partial charge is 0.273 e. The molecule has 0 bridgehead atoms.